The number of nitrogens with one attached hydrogen (secondary N) is 1. The standard InChI is InChI=1S/C15H12ClF2N5O2S/c1-5-3-7(12(17)18)21-15-8(5)9(11(26-15)13(19)24)22-14(25)10-6(16)4-20-23(10)2/h3-4,12H,1-2H3,(H2,19,24)(H,22,25). The number of primary amides is 1. The molecule has 0 spiro atoms. The Hall–Kier alpha value is -2.59. The number of alkyl halides is 2. The van der Waals surface area contributed by atoms with Gasteiger partial charge in [-0.05, 0) is 18.6 Å². The van der Waals surface area contributed by atoms with E-state index < -0.39 is 23.9 Å². The minimum absolute atomic E-state index is 0.00802. The minimum Gasteiger partial charge on any atom is -0.365 e. The van der Waals surface area contributed by atoms with Gasteiger partial charge in [0.1, 0.15) is 21.1 Å². The van der Waals surface area contributed by atoms with E-state index in [-0.39, 0.29) is 26.1 Å². The molecule has 0 bridgehead atoms. The minimum atomic E-state index is -2.76. The van der Waals surface area contributed by atoms with Crippen molar-refractivity contribution < 1.29 is 18.4 Å². The number of fused-ring (bicyclic) bond motifs is 1. The highest BCUT2D eigenvalue weighted by Crippen LogP contribution is 2.38. The van der Waals surface area contributed by atoms with Crippen LogP contribution < -0.4 is 11.1 Å². The van der Waals surface area contributed by atoms with Gasteiger partial charge in [-0.3, -0.25) is 14.3 Å². The van der Waals surface area contributed by atoms with E-state index in [1.807, 2.05) is 0 Å². The second-order valence-electron chi connectivity index (χ2n) is 5.43. The van der Waals surface area contributed by atoms with Gasteiger partial charge in [0, 0.05) is 12.4 Å². The number of amides is 2. The number of nitrogens with zero attached hydrogens (tertiary/aromatic N) is 3. The lowest BCUT2D eigenvalue weighted by molar-refractivity contribution is 0.100. The topological polar surface area (TPSA) is 103 Å². The Kier molecular flexibility index (Phi) is 4.63. The van der Waals surface area contributed by atoms with Crippen molar-refractivity contribution in [2.75, 3.05) is 5.32 Å². The quantitative estimate of drug-likeness (QED) is 0.702. The fourth-order valence-electron chi connectivity index (χ4n) is 2.55. The summed E-state index contributed by atoms with van der Waals surface area (Å²) >= 11 is 6.79. The monoisotopic (exact) mass is 399 g/mol. The third kappa shape index (κ3) is 3.01. The first-order valence-electron chi connectivity index (χ1n) is 7.21. The molecule has 26 heavy (non-hydrogen) atoms. The largest absolute Gasteiger partial charge is 0.365 e. The summed E-state index contributed by atoms with van der Waals surface area (Å²) < 4.78 is 27.2. The molecule has 11 heteroatoms. The number of pyridine rings is 1. The maximum Gasteiger partial charge on any atom is 0.280 e. The Bertz CT molecular complexity index is 1030. The summed E-state index contributed by atoms with van der Waals surface area (Å²) in [6.45, 7) is 1.58. The average Bonchev–Trinajstić information content (AvgIpc) is 3.08. The molecule has 0 saturated carbocycles. The fraction of sp³-hybridized carbons (Fsp3) is 0.200. The zero-order valence-corrected chi connectivity index (χ0v) is 15.1. The van der Waals surface area contributed by atoms with Gasteiger partial charge in [-0.25, -0.2) is 13.8 Å². The zero-order chi connectivity index (χ0) is 19.2. The number of halogens is 3. The molecule has 3 aromatic rings. The predicted octanol–water partition coefficient (Wildman–Crippen LogP) is 3.28. The molecule has 3 rings (SSSR count). The van der Waals surface area contributed by atoms with Crippen molar-refractivity contribution in [2.45, 2.75) is 13.3 Å². The van der Waals surface area contributed by atoms with E-state index in [0.29, 0.717) is 10.9 Å². The third-order valence-electron chi connectivity index (χ3n) is 3.67. The molecule has 0 aliphatic carbocycles. The van der Waals surface area contributed by atoms with Gasteiger partial charge in [0.2, 0.25) is 0 Å². The molecule has 0 aromatic carbocycles. The fourth-order valence-corrected chi connectivity index (χ4v) is 3.87. The summed E-state index contributed by atoms with van der Waals surface area (Å²) in [4.78, 5) is 28.4. The molecule has 136 valence electrons. The van der Waals surface area contributed by atoms with E-state index in [1.54, 1.807) is 6.92 Å². The average molecular weight is 400 g/mol. The van der Waals surface area contributed by atoms with Crippen molar-refractivity contribution >= 4 is 50.7 Å². The van der Waals surface area contributed by atoms with Crippen molar-refractivity contribution in [3.8, 4) is 0 Å². The van der Waals surface area contributed by atoms with Crippen molar-refractivity contribution in [3.05, 3.63) is 39.1 Å². The molecule has 3 heterocycles. The molecule has 0 unspecified atom stereocenters. The number of nitrogens with two attached hydrogens (primary N) is 1. The van der Waals surface area contributed by atoms with Crippen molar-refractivity contribution in [2.24, 2.45) is 12.8 Å². The second kappa shape index (κ2) is 6.61. The van der Waals surface area contributed by atoms with Crippen LogP contribution in [0.25, 0.3) is 10.2 Å². The summed E-state index contributed by atoms with van der Waals surface area (Å²) in [6, 6.07) is 1.21. The van der Waals surface area contributed by atoms with Crippen LogP contribution in [0.15, 0.2) is 12.3 Å². The SMILES string of the molecule is Cc1cc(C(F)F)nc2sc(C(N)=O)c(NC(=O)c3c(Cl)cnn3C)c12. The number of carbonyl (C=O) groups is 2. The van der Waals surface area contributed by atoms with Gasteiger partial charge in [-0.2, -0.15) is 5.10 Å². The van der Waals surface area contributed by atoms with Gasteiger partial charge in [0.15, 0.2) is 0 Å². The number of thiophene rings is 1. The predicted molar refractivity (Wildman–Crippen MR) is 94.0 cm³/mol. The first-order valence-corrected chi connectivity index (χ1v) is 8.41. The first-order chi connectivity index (χ1) is 12.2. The van der Waals surface area contributed by atoms with Gasteiger partial charge in [-0.1, -0.05) is 11.6 Å². The molecule has 7 nitrogen and oxygen atoms in total. The number of carbonyl (C=O) groups excluding carboxylic acids is 2. The molecule has 0 aliphatic heterocycles. The van der Waals surface area contributed by atoms with Crippen LogP contribution in [0.2, 0.25) is 5.02 Å². The summed E-state index contributed by atoms with van der Waals surface area (Å²) in [7, 11) is 1.53. The molecule has 0 saturated heterocycles. The van der Waals surface area contributed by atoms with E-state index in [2.05, 4.69) is 15.4 Å². The number of rotatable bonds is 4. The molecular weight excluding hydrogens is 388 g/mol. The van der Waals surface area contributed by atoms with Crippen molar-refractivity contribution in [1.82, 2.24) is 14.8 Å². The van der Waals surface area contributed by atoms with E-state index in [0.717, 1.165) is 11.3 Å². The van der Waals surface area contributed by atoms with Crippen molar-refractivity contribution in [1.29, 1.82) is 0 Å². The smallest absolute Gasteiger partial charge is 0.280 e. The van der Waals surface area contributed by atoms with E-state index in [4.69, 9.17) is 17.3 Å². The molecule has 2 amide bonds. The van der Waals surface area contributed by atoms with Crippen LogP contribution in [-0.4, -0.2) is 26.6 Å². The van der Waals surface area contributed by atoms with Crippen LogP contribution in [0.3, 0.4) is 0 Å². The number of aromatic nitrogens is 3. The molecule has 0 radical (unpaired) electrons. The highest BCUT2D eigenvalue weighted by atomic mass is 35.5. The Labute approximate surface area is 154 Å². The van der Waals surface area contributed by atoms with Crippen LogP contribution in [0, 0.1) is 6.92 Å². The number of hydrogen-bond acceptors (Lipinski definition) is 5. The normalized spacial score (nSPS) is 11.3. The lowest BCUT2D eigenvalue weighted by atomic mass is 10.1. The Morgan fingerprint density at radius 1 is 1.42 bits per heavy atom. The molecule has 0 aliphatic rings. The summed E-state index contributed by atoms with van der Waals surface area (Å²) in [5, 5.41) is 6.96. The van der Waals surface area contributed by atoms with Gasteiger partial charge >= 0.3 is 0 Å². The first kappa shape index (κ1) is 18.2. The Morgan fingerprint density at radius 2 is 2.12 bits per heavy atom. The van der Waals surface area contributed by atoms with Crippen LogP contribution in [0.5, 0.6) is 0 Å². The Morgan fingerprint density at radius 3 is 2.65 bits per heavy atom. The lowest BCUT2D eigenvalue weighted by Gasteiger charge is -2.09. The highest BCUT2D eigenvalue weighted by Gasteiger charge is 2.25. The molecule has 0 atom stereocenters. The molecular formula is C15H12ClF2N5O2S. The highest BCUT2D eigenvalue weighted by molar-refractivity contribution is 7.21. The van der Waals surface area contributed by atoms with Gasteiger partial charge in [0.05, 0.1) is 16.9 Å². The lowest BCUT2D eigenvalue weighted by Crippen LogP contribution is -2.19. The third-order valence-corrected chi connectivity index (χ3v) is 5.05. The molecule has 0 fully saturated rings. The zero-order valence-electron chi connectivity index (χ0n) is 13.5. The maximum absolute atomic E-state index is 13.0. The summed E-state index contributed by atoms with van der Waals surface area (Å²) in [5.74, 6) is -1.42. The summed E-state index contributed by atoms with van der Waals surface area (Å²) in [5.41, 5.74) is 5.59. The maximum atomic E-state index is 13.0. The van der Waals surface area contributed by atoms with Crippen LogP contribution in [0.1, 0.15) is 37.8 Å². The van der Waals surface area contributed by atoms with Crippen molar-refractivity contribution in [3.63, 3.8) is 0 Å². The number of anilines is 1. The molecule has 3 N–H and O–H groups in total. The van der Waals surface area contributed by atoms with E-state index in [9.17, 15) is 18.4 Å². The second-order valence-corrected chi connectivity index (χ2v) is 6.84. The van der Waals surface area contributed by atoms with Crippen LogP contribution in [0.4, 0.5) is 14.5 Å². The number of hydrogen-bond donors (Lipinski definition) is 2. The van der Waals surface area contributed by atoms with Crippen LogP contribution >= 0.6 is 22.9 Å². The van der Waals surface area contributed by atoms with E-state index >= 15 is 0 Å². The van der Waals surface area contributed by atoms with Gasteiger partial charge in [-0.15, -0.1) is 11.3 Å². The molecule has 3 aromatic heterocycles. The van der Waals surface area contributed by atoms with Gasteiger partial charge < -0.3 is 11.1 Å². The Balaban J connectivity index is 2.16. The van der Waals surface area contributed by atoms with E-state index in [1.165, 1.54) is 24.0 Å². The number of aryl methyl sites for hydroxylation is 2. The van der Waals surface area contributed by atoms with Gasteiger partial charge in [0.25, 0.3) is 18.2 Å². The summed E-state index contributed by atoms with van der Waals surface area (Å²) in [6.07, 6.45) is -1.46. The van der Waals surface area contributed by atoms with Crippen LogP contribution in [-0.2, 0) is 7.05 Å².